The molecule has 1 aromatic carbocycles. The number of rotatable bonds is 5. The second-order valence-electron chi connectivity index (χ2n) is 5.06. The Morgan fingerprint density at radius 1 is 1.22 bits per heavy atom. The molecule has 0 amide bonds. The van der Waals surface area contributed by atoms with E-state index in [4.69, 9.17) is 4.74 Å². The molecule has 1 aliphatic rings. The largest absolute Gasteiger partial charge is 0.465 e. The maximum absolute atomic E-state index is 11.6. The molecule has 1 aromatic rings. The molecule has 0 aromatic heterocycles. The highest BCUT2D eigenvalue weighted by atomic mass is 16.5. The number of ether oxygens (including phenoxy) is 1. The third-order valence-electron chi connectivity index (χ3n) is 3.52. The maximum atomic E-state index is 11.6. The van der Waals surface area contributed by atoms with Crippen molar-refractivity contribution in [3.63, 3.8) is 0 Å². The van der Waals surface area contributed by atoms with Gasteiger partial charge in [-0.1, -0.05) is 31.5 Å². The Balaban J connectivity index is 1.91. The first-order valence-electron chi connectivity index (χ1n) is 7.06. The Bertz CT molecular complexity index is 410. The average Bonchev–Trinajstić information content (AvgIpc) is 2.39. The number of unbranched alkanes of at least 4 members (excludes halogenated alkanes) is 1. The van der Waals surface area contributed by atoms with Crippen LogP contribution in [-0.4, -0.2) is 12.6 Å². The zero-order valence-electron chi connectivity index (χ0n) is 11.2. The quantitative estimate of drug-likeness (QED) is 0.587. The Hall–Kier alpha value is -1.31. The first kappa shape index (κ1) is 13.1. The molecular weight excluding hydrogens is 224 g/mol. The number of carbonyl (C=O) groups excluding carboxylic acids is 1. The number of hydrogen-bond acceptors (Lipinski definition) is 2. The molecule has 0 N–H and O–H groups in total. The Labute approximate surface area is 109 Å². The van der Waals surface area contributed by atoms with Crippen molar-refractivity contribution < 1.29 is 9.53 Å². The fourth-order valence-electron chi connectivity index (χ4n) is 2.44. The number of esters is 1. The van der Waals surface area contributed by atoms with E-state index >= 15 is 0 Å². The molecule has 0 atom stereocenters. The molecular formula is C16H22O2. The number of aryl methyl sites for hydroxylation is 2. The van der Waals surface area contributed by atoms with Crippen molar-refractivity contribution in [3.8, 4) is 0 Å². The van der Waals surface area contributed by atoms with Gasteiger partial charge in [-0.25, -0.2) is 0 Å². The van der Waals surface area contributed by atoms with Gasteiger partial charge in [-0.2, -0.15) is 0 Å². The van der Waals surface area contributed by atoms with Crippen LogP contribution in [0.2, 0.25) is 0 Å². The van der Waals surface area contributed by atoms with Gasteiger partial charge in [0.25, 0.3) is 0 Å². The summed E-state index contributed by atoms with van der Waals surface area (Å²) in [6, 6.07) is 6.45. The number of carbonyl (C=O) groups is 1. The van der Waals surface area contributed by atoms with Crippen LogP contribution in [0.1, 0.15) is 49.3 Å². The fraction of sp³-hybridized carbons (Fsp3) is 0.562. The second-order valence-corrected chi connectivity index (χ2v) is 5.06. The summed E-state index contributed by atoms with van der Waals surface area (Å²) in [6.45, 7) is 2.65. The Morgan fingerprint density at radius 2 is 2.00 bits per heavy atom. The van der Waals surface area contributed by atoms with Gasteiger partial charge in [0, 0.05) is 0 Å². The van der Waals surface area contributed by atoms with Gasteiger partial charge in [-0.3, -0.25) is 4.79 Å². The molecule has 0 heterocycles. The first-order chi connectivity index (χ1) is 8.79. The lowest BCUT2D eigenvalue weighted by molar-refractivity contribution is -0.142. The van der Waals surface area contributed by atoms with Gasteiger partial charge in [0.1, 0.15) is 0 Å². The van der Waals surface area contributed by atoms with Crippen LogP contribution < -0.4 is 0 Å². The van der Waals surface area contributed by atoms with Crippen molar-refractivity contribution in [3.05, 3.63) is 34.9 Å². The predicted molar refractivity (Wildman–Crippen MR) is 72.7 cm³/mol. The van der Waals surface area contributed by atoms with Crippen LogP contribution in [0.15, 0.2) is 18.2 Å². The van der Waals surface area contributed by atoms with Gasteiger partial charge in [0.2, 0.25) is 0 Å². The van der Waals surface area contributed by atoms with E-state index in [1.54, 1.807) is 0 Å². The zero-order chi connectivity index (χ0) is 12.8. The van der Waals surface area contributed by atoms with E-state index in [2.05, 4.69) is 25.1 Å². The van der Waals surface area contributed by atoms with Crippen molar-refractivity contribution in [2.75, 3.05) is 6.61 Å². The van der Waals surface area contributed by atoms with Gasteiger partial charge >= 0.3 is 5.97 Å². The van der Waals surface area contributed by atoms with Gasteiger partial charge in [-0.15, -0.1) is 0 Å². The molecule has 0 bridgehead atoms. The highest BCUT2D eigenvalue weighted by Crippen LogP contribution is 2.22. The van der Waals surface area contributed by atoms with Crippen LogP contribution in [0.3, 0.4) is 0 Å². The highest BCUT2D eigenvalue weighted by Gasteiger charge is 2.11. The van der Waals surface area contributed by atoms with Crippen LogP contribution in [0, 0.1) is 0 Å². The Morgan fingerprint density at radius 3 is 2.78 bits per heavy atom. The van der Waals surface area contributed by atoms with Crippen molar-refractivity contribution in [1.29, 1.82) is 0 Å². The third-order valence-corrected chi connectivity index (χ3v) is 3.52. The lowest BCUT2D eigenvalue weighted by Gasteiger charge is -2.16. The summed E-state index contributed by atoms with van der Waals surface area (Å²) < 4.78 is 5.19. The van der Waals surface area contributed by atoms with E-state index in [1.807, 2.05) is 0 Å². The molecule has 0 fully saturated rings. The van der Waals surface area contributed by atoms with Gasteiger partial charge in [0.05, 0.1) is 13.0 Å². The smallest absolute Gasteiger partial charge is 0.310 e. The summed E-state index contributed by atoms with van der Waals surface area (Å²) in [5.41, 5.74) is 3.99. The topological polar surface area (TPSA) is 26.3 Å². The van der Waals surface area contributed by atoms with Crippen LogP contribution in [0.4, 0.5) is 0 Å². The minimum Gasteiger partial charge on any atom is -0.465 e. The molecule has 98 valence electrons. The number of hydrogen-bond donors (Lipinski definition) is 0. The minimum absolute atomic E-state index is 0.0980. The van der Waals surface area contributed by atoms with Crippen molar-refractivity contribution >= 4 is 5.97 Å². The molecule has 0 unspecified atom stereocenters. The van der Waals surface area contributed by atoms with Crippen LogP contribution >= 0.6 is 0 Å². The normalized spacial score (nSPS) is 14.1. The maximum Gasteiger partial charge on any atom is 0.310 e. The summed E-state index contributed by atoms with van der Waals surface area (Å²) in [5, 5.41) is 0. The molecule has 18 heavy (non-hydrogen) atoms. The monoisotopic (exact) mass is 246 g/mol. The van der Waals surface area contributed by atoms with E-state index in [0.717, 1.165) is 24.8 Å². The van der Waals surface area contributed by atoms with Crippen molar-refractivity contribution in [2.45, 2.75) is 51.9 Å². The molecule has 2 rings (SSSR count). The van der Waals surface area contributed by atoms with E-state index in [-0.39, 0.29) is 5.97 Å². The Kier molecular flexibility index (Phi) is 4.80. The summed E-state index contributed by atoms with van der Waals surface area (Å²) >= 11 is 0. The highest BCUT2D eigenvalue weighted by molar-refractivity contribution is 5.72. The summed E-state index contributed by atoms with van der Waals surface area (Å²) in [5.74, 6) is -0.0980. The van der Waals surface area contributed by atoms with Gasteiger partial charge in [-0.05, 0) is 48.8 Å². The lowest BCUT2D eigenvalue weighted by Crippen LogP contribution is -2.10. The summed E-state index contributed by atoms with van der Waals surface area (Å²) in [6.07, 6.45) is 7.35. The average molecular weight is 246 g/mol. The molecule has 0 aliphatic heterocycles. The third kappa shape index (κ3) is 3.59. The second kappa shape index (κ2) is 6.58. The molecule has 0 radical (unpaired) electrons. The van der Waals surface area contributed by atoms with Crippen LogP contribution in [0.5, 0.6) is 0 Å². The molecule has 2 heteroatoms. The molecule has 1 aliphatic carbocycles. The lowest BCUT2D eigenvalue weighted by atomic mass is 9.90. The van der Waals surface area contributed by atoms with E-state index < -0.39 is 0 Å². The molecule has 0 spiro atoms. The fourth-order valence-corrected chi connectivity index (χ4v) is 2.44. The van der Waals surface area contributed by atoms with E-state index in [1.165, 1.54) is 30.4 Å². The predicted octanol–water partition coefficient (Wildman–Crippen LogP) is 3.45. The minimum atomic E-state index is -0.0980. The van der Waals surface area contributed by atoms with E-state index in [9.17, 15) is 4.79 Å². The molecule has 0 saturated carbocycles. The summed E-state index contributed by atoms with van der Waals surface area (Å²) in [7, 11) is 0. The zero-order valence-corrected chi connectivity index (χ0v) is 11.2. The van der Waals surface area contributed by atoms with Gasteiger partial charge in [0.15, 0.2) is 0 Å². The molecule has 2 nitrogen and oxygen atoms in total. The van der Waals surface area contributed by atoms with E-state index in [0.29, 0.717) is 13.0 Å². The molecule has 0 saturated heterocycles. The van der Waals surface area contributed by atoms with Crippen LogP contribution in [0.25, 0.3) is 0 Å². The van der Waals surface area contributed by atoms with Crippen molar-refractivity contribution in [2.24, 2.45) is 0 Å². The standard InChI is InChI=1S/C16H22O2/c1-2-3-10-18-16(17)12-13-8-9-14-6-4-5-7-15(14)11-13/h8-9,11H,2-7,10,12H2,1H3. The van der Waals surface area contributed by atoms with Gasteiger partial charge < -0.3 is 4.74 Å². The SMILES string of the molecule is CCCCOC(=O)Cc1ccc2c(c1)CCCC2. The van der Waals surface area contributed by atoms with Crippen LogP contribution in [-0.2, 0) is 28.8 Å². The number of fused-ring (bicyclic) bond motifs is 1. The summed E-state index contributed by atoms with van der Waals surface area (Å²) in [4.78, 5) is 11.6. The number of benzene rings is 1. The van der Waals surface area contributed by atoms with Crippen molar-refractivity contribution in [1.82, 2.24) is 0 Å². The first-order valence-corrected chi connectivity index (χ1v) is 7.06.